The molecule has 0 radical (unpaired) electrons. The standard InChI is InChI=1S/C16H18N2O3S2/c1-17-16(19)12-22-14-8-10-15(11-9-14)23(20,21)18(2)13-6-4-3-5-7-13/h3-11H,12H2,1-2H3,(H,17,19). The van der Waals surface area contributed by atoms with Crippen LogP contribution in [-0.2, 0) is 14.8 Å². The molecule has 0 aliphatic rings. The molecule has 0 saturated carbocycles. The number of nitrogens with zero attached hydrogens (tertiary/aromatic N) is 1. The highest BCUT2D eigenvalue weighted by Gasteiger charge is 2.20. The van der Waals surface area contributed by atoms with Crippen molar-refractivity contribution in [3.05, 3.63) is 54.6 Å². The van der Waals surface area contributed by atoms with Crippen molar-refractivity contribution in [2.45, 2.75) is 9.79 Å². The van der Waals surface area contributed by atoms with Gasteiger partial charge in [-0.25, -0.2) is 8.42 Å². The highest BCUT2D eigenvalue weighted by atomic mass is 32.2. The molecule has 5 nitrogen and oxygen atoms in total. The summed E-state index contributed by atoms with van der Waals surface area (Å²) >= 11 is 1.36. The molecule has 0 bridgehead atoms. The summed E-state index contributed by atoms with van der Waals surface area (Å²) in [5.74, 6) is 0.225. The SMILES string of the molecule is CNC(=O)CSc1ccc(S(=O)(=O)N(C)c2ccccc2)cc1. The molecule has 7 heteroatoms. The van der Waals surface area contributed by atoms with Crippen LogP contribution >= 0.6 is 11.8 Å². The van der Waals surface area contributed by atoms with Gasteiger partial charge in [-0.3, -0.25) is 9.10 Å². The van der Waals surface area contributed by atoms with E-state index in [1.807, 2.05) is 6.07 Å². The summed E-state index contributed by atoms with van der Waals surface area (Å²) in [4.78, 5) is 12.3. The average Bonchev–Trinajstić information content (AvgIpc) is 2.60. The van der Waals surface area contributed by atoms with Crippen LogP contribution in [0.15, 0.2) is 64.4 Å². The molecule has 0 heterocycles. The van der Waals surface area contributed by atoms with Crippen LogP contribution in [0.3, 0.4) is 0 Å². The minimum Gasteiger partial charge on any atom is -0.358 e. The predicted molar refractivity (Wildman–Crippen MR) is 93.3 cm³/mol. The van der Waals surface area contributed by atoms with Crippen molar-refractivity contribution in [1.29, 1.82) is 0 Å². The number of amides is 1. The molecule has 2 aromatic carbocycles. The van der Waals surface area contributed by atoms with Crippen LogP contribution in [0.4, 0.5) is 5.69 Å². The minimum atomic E-state index is -3.60. The van der Waals surface area contributed by atoms with Gasteiger partial charge in [0, 0.05) is 19.0 Å². The second-order valence-electron chi connectivity index (χ2n) is 4.74. The molecule has 1 N–H and O–H groups in total. The molecular weight excluding hydrogens is 332 g/mol. The number of rotatable bonds is 6. The fourth-order valence-electron chi connectivity index (χ4n) is 1.86. The fourth-order valence-corrected chi connectivity index (χ4v) is 3.83. The number of carbonyl (C=O) groups is 1. The van der Waals surface area contributed by atoms with Crippen LogP contribution in [0, 0.1) is 0 Å². The Bertz CT molecular complexity index is 760. The molecule has 0 saturated heterocycles. The molecule has 0 unspecified atom stereocenters. The van der Waals surface area contributed by atoms with E-state index in [-0.39, 0.29) is 10.8 Å². The number of para-hydroxylation sites is 1. The molecule has 0 fully saturated rings. The highest BCUT2D eigenvalue weighted by molar-refractivity contribution is 8.00. The molecule has 2 rings (SSSR count). The Labute approximate surface area is 140 Å². The number of sulfonamides is 1. The van der Waals surface area contributed by atoms with Gasteiger partial charge in [0.1, 0.15) is 0 Å². The molecule has 0 aliphatic heterocycles. The van der Waals surface area contributed by atoms with Crippen LogP contribution in [0.2, 0.25) is 0 Å². The van der Waals surface area contributed by atoms with E-state index in [2.05, 4.69) is 5.32 Å². The number of benzene rings is 2. The van der Waals surface area contributed by atoms with Gasteiger partial charge in [0.15, 0.2) is 0 Å². The molecule has 0 aliphatic carbocycles. The van der Waals surface area contributed by atoms with Gasteiger partial charge in [0.05, 0.1) is 16.3 Å². The average molecular weight is 350 g/mol. The van der Waals surface area contributed by atoms with E-state index in [0.717, 1.165) is 4.90 Å². The number of carbonyl (C=O) groups excluding carboxylic acids is 1. The quantitative estimate of drug-likeness (QED) is 0.812. The lowest BCUT2D eigenvalue weighted by molar-refractivity contribution is -0.118. The van der Waals surface area contributed by atoms with Gasteiger partial charge in [-0.05, 0) is 36.4 Å². The number of nitrogens with one attached hydrogen (secondary N) is 1. The maximum atomic E-state index is 12.6. The fraction of sp³-hybridized carbons (Fsp3) is 0.188. The summed E-state index contributed by atoms with van der Waals surface area (Å²) in [6, 6.07) is 15.4. The number of anilines is 1. The van der Waals surface area contributed by atoms with Crippen molar-refractivity contribution >= 4 is 33.4 Å². The molecule has 23 heavy (non-hydrogen) atoms. The Kier molecular flexibility index (Phi) is 5.68. The third-order valence-electron chi connectivity index (χ3n) is 3.25. The van der Waals surface area contributed by atoms with Gasteiger partial charge in [0.25, 0.3) is 10.0 Å². The first-order chi connectivity index (χ1) is 10.9. The molecule has 122 valence electrons. The van der Waals surface area contributed by atoms with Crippen LogP contribution in [-0.4, -0.2) is 34.2 Å². The zero-order chi connectivity index (χ0) is 16.9. The molecule has 2 aromatic rings. The van der Waals surface area contributed by atoms with E-state index >= 15 is 0 Å². The van der Waals surface area contributed by atoms with E-state index in [9.17, 15) is 13.2 Å². The van der Waals surface area contributed by atoms with E-state index in [0.29, 0.717) is 11.4 Å². The lowest BCUT2D eigenvalue weighted by Gasteiger charge is -2.19. The van der Waals surface area contributed by atoms with Crippen LogP contribution in [0.25, 0.3) is 0 Å². The summed E-state index contributed by atoms with van der Waals surface area (Å²) < 4.78 is 26.5. The normalized spacial score (nSPS) is 11.0. The molecule has 0 aromatic heterocycles. The van der Waals surface area contributed by atoms with Gasteiger partial charge in [-0.1, -0.05) is 18.2 Å². The summed E-state index contributed by atoms with van der Waals surface area (Å²) in [5.41, 5.74) is 0.602. The Morgan fingerprint density at radius 2 is 1.70 bits per heavy atom. The zero-order valence-corrected chi connectivity index (χ0v) is 14.5. The third kappa shape index (κ3) is 4.27. The Morgan fingerprint density at radius 1 is 1.09 bits per heavy atom. The van der Waals surface area contributed by atoms with Crippen molar-refractivity contribution < 1.29 is 13.2 Å². The van der Waals surface area contributed by atoms with Gasteiger partial charge < -0.3 is 5.32 Å². The van der Waals surface area contributed by atoms with Crippen molar-refractivity contribution in [2.24, 2.45) is 0 Å². The highest BCUT2D eigenvalue weighted by Crippen LogP contribution is 2.24. The summed E-state index contributed by atoms with van der Waals surface area (Å²) in [6.07, 6.45) is 0. The largest absolute Gasteiger partial charge is 0.358 e. The Balaban J connectivity index is 2.16. The Morgan fingerprint density at radius 3 is 2.26 bits per heavy atom. The van der Waals surface area contributed by atoms with Crippen LogP contribution in [0.1, 0.15) is 0 Å². The molecule has 1 amide bonds. The van der Waals surface area contributed by atoms with Gasteiger partial charge in [-0.2, -0.15) is 0 Å². The summed E-state index contributed by atoms with van der Waals surface area (Å²) in [5, 5.41) is 2.54. The van der Waals surface area contributed by atoms with E-state index in [1.165, 1.54) is 23.1 Å². The molecule has 0 spiro atoms. The zero-order valence-electron chi connectivity index (χ0n) is 12.9. The first-order valence-corrected chi connectivity index (χ1v) is 9.35. The first kappa shape index (κ1) is 17.4. The van der Waals surface area contributed by atoms with Crippen molar-refractivity contribution in [3.8, 4) is 0 Å². The van der Waals surface area contributed by atoms with E-state index in [4.69, 9.17) is 0 Å². The predicted octanol–water partition coefficient (Wildman–Crippen LogP) is 2.35. The van der Waals surface area contributed by atoms with E-state index in [1.54, 1.807) is 55.6 Å². The first-order valence-electron chi connectivity index (χ1n) is 6.92. The lowest BCUT2D eigenvalue weighted by Crippen LogP contribution is -2.26. The topological polar surface area (TPSA) is 66.5 Å². The lowest BCUT2D eigenvalue weighted by atomic mass is 10.3. The third-order valence-corrected chi connectivity index (χ3v) is 6.06. The van der Waals surface area contributed by atoms with Gasteiger partial charge >= 0.3 is 0 Å². The number of hydrogen-bond acceptors (Lipinski definition) is 4. The molecular formula is C16H18N2O3S2. The molecule has 0 atom stereocenters. The van der Waals surface area contributed by atoms with Crippen LogP contribution < -0.4 is 9.62 Å². The number of thioether (sulfide) groups is 1. The monoisotopic (exact) mass is 350 g/mol. The van der Waals surface area contributed by atoms with Crippen molar-refractivity contribution in [2.75, 3.05) is 24.2 Å². The van der Waals surface area contributed by atoms with Gasteiger partial charge in [-0.15, -0.1) is 11.8 Å². The minimum absolute atomic E-state index is 0.0736. The smallest absolute Gasteiger partial charge is 0.264 e. The Hall–Kier alpha value is -1.99. The summed E-state index contributed by atoms with van der Waals surface area (Å²) in [7, 11) is -0.492. The maximum absolute atomic E-state index is 12.6. The maximum Gasteiger partial charge on any atom is 0.264 e. The summed E-state index contributed by atoms with van der Waals surface area (Å²) in [6.45, 7) is 0. The van der Waals surface area contributed by atoms with Gasteiger partial charge in [0.2, 0.25) is 5.91 Å². The second-order valence-corrected chi connectivity index (χ2v) is 7.76. The second kappa shape index (κ2) is 7.52. The van der Waals surface area contributed by atoms with E-state index < -0.39 is 10.0 Å². The van der Waals surface area contributed by atoms with Crippen LogP contribution in [0.5, 0.6) is 0 Å². The van der Waals surface area contributed by atoms with Crippen molar-refractivity contribution in [1.82, 2.24) is 5.32 Å². The number of hydrogen-bond donors (Lipinski definition) is 1. The van der Waals surface area contributed by atoms with Crippen molar-refractivity contribution in [3.63, 3.8) is 0 Å².